The van der Waals surface area contributed by atoms with E-state index in [-0.39, 0.29) is 11.6 Å². The van der Waals surface area contributed by atoms with Crippen LogP contribution < -0.4 is 0 Å². The molecule has 24 heavy (non-hydrogen) atoms. The third-order valence-electron chi connectivity index (χ3n) is 5.04. The SMILES string of the molecule is CN1CC=C2C(C#N)C(=N)C(C#N)(C#N)[C@@H](c3ccncc3)[C@H]2C1. The molecule has 0 amide bonds. The van der Waals surface area contributed by atoms with Crippen LogP contribution in [0.15, 0.2) is 36.2 Å². The minimum atomic E-state index is -1.64. The third-order valence-corrected chi connectivity index (χ3v) is 5.04. The smallest absolute Gasteiger partial charge is 0.189 e. The fourth-order valence-electron chi connectivity index (χ4n) is 3.90. The largest absolute Gasteiger partial charge is 0.305 e. The molecule has 118 valence electrons. The summed E-state index contributed by atoms with van der Waals surface area (Å²) in [6.07, 6.45) is 5.24. The van der Waals surface area contributed by atoms with Crippen molar-refractivity contribution in [1.29, 1.82) is 21.2 Å². The van der Waals surface area contributed by atoms with Crippen LogP contribution in [-0.2, 0) is 0 Å². The normalized spacial score (nSPS) is 28.7. The van der Waals surface area contributed by atoms with Crippen LogP contribution in [0.4, 0.5) is 0 Å². The van der Waals surface area contributed by atoms with Gasteiger partial charge in [-0.2, -0.15) is 15.8 Å². The van der Waals surface area contributed by atoms with E-state index in [2.05, 4.69) is 28.1 Å². The number of nitrogens with zero attached hydrogens (tertiary/aromatic N) is 5. The Hall–Kier alpha value is -3.01. The van der Waals surface area contributed by atoms with Crippen molar-refractivity contribution in [1.82, 2.24) is 9.88 Å². The number of nitriles is 3. The van der Waals surface area contributed by atoms with Gasteiger partial charge in [-0.1, -0.05) is 6.08 Å². The summed E-state index contributed by atoms with van der Waals surface area (Å²) in [5, 5.41) is 37.7. The van der Waals surface area contributed by atoms with Gasteiger partial charge in [-0.3, -0.25) is 4.98 Å². The maximum Gasteiger partial charge on any atom is 0.189 e. The molecule has 3 atom stereocenters. The van der Waals surface area contributed by atoms with Crippen LogP contribution in [0.1, 0.15) is 11.5 Å². The Labute approximate surface area is 140 Å². The number of hydrogen-bond acceptors (Lipinski definition) is 6. The molecule has 1 aliphatic heterocycles. The van der Waals surface area contributed by atoms with E-state index >= 15 is 0 Å². The first-order chi connectivity index (χ1) is 11.6. The third kappa shape index (κ3) is 2.11. The van der Waals surface area contributed by atoms with Crippen molar-refractivity contribution in [2.45, 2.75) is 5.92 Å². The van der Waals surface area contributed by atoms with Crippen LogP contribution in [0.2, 0.25) is 0 Å². The molecule has 2 heterocycles. The van der Waals surface area contributed by atoms with Gasteiger partial charge in [0, 0.05) is 37.3 Å². The standard InChI is InChI=1S/C18H16N6/c1-24-7-4-13-14(8-19)17(22)18(10-20,11-21)16(15(13)9-24)12-2-5-23-6-3-12/h2-6,14-16,22H,7,9H2,1H3/t14?,15-,16-/m0/s1. The second-order valence-corrected chi connectivity index (χ2v) is 6.30. The summed E-state index contributed by atoms with van der Waals surface area (Å²) < 4.78 is 0. The van der Waals surface area contributed by atoms with E-state index in [1.165, 1.54) is 0 Å². The number of nitrogens with one attached hydrogen (secondary N) is 1. The number of aromatic nitrogens is 1. The highest BCUT2D eigenvalue weighted by Gasteiger charge is 2.57. The number of likely N-dealkylation sites (N-methyl/N-ethyl adjacent to an activating group) is 1. The van der Waals surface area contributed by atoms with E-state index < -0.39 is 17.3 Å². The van der Waals surface area contributed by atoms with Crippen LogP contribution in [0.3, 0.4) is 0 Å². The molecule has 1 aliphatic carbocycles. The van der Waals surface area contributed by atoms with E-state index in [4.69, 9.17) is 5.41 Å². The van der Waals surface area contributed by atoms with Crippen LogP contribution in [0, 0.1) is 56.7 Å². The van der Waals surface area contributed by atoms with E-state index in [1.807, 2.05) is 13.1 Å². The van der Waals surface area contributed by atoms with Gasteiger partial charge in [0.05, 0.1) is 23.9 Å². The average Bonchev–Trinajstić information content (AvgIpc) is 2.62. The molecular weight excluding hydrogens is 300 g/mol. The van der Waals surface area contributed by atoms with E-state index in [1.54, 1.807) is 24.5 Å². The van der Waals surface area contributed by atoms with Crippen molar-refractivity contribution in [2.75, 3.05) is 20.1 Å². The highest BCUT2D eigenvalue weighted by atomic mass is 15.1. The molecule has 0 radical (unpaired) electrons. The summed E-state index contributed by atoms with van der Waals surface area (Å²) in [4.78, 5) is 6.11. The highest BCUT2D eigenvalue weighted by molar-refractivity contribution is 6.00. The van der Waals surface area contributed by atoms with Crippen LogP contribution in [-0.4, -0.2) is 35.7 Å². The molecule has 0 aromatic carbocycles. The van der Waals surface area contributed by atoms with Crippen LogP contribution >= 0.6 is 0 Å². The molecule has 0 saturated heterocycles. The lowest BCUT2D eigenvalue weighted by atomic mass is 9.54. The van der Waals surface area contributed by atoms with E-state index in [9.17, 15) is 15.8 Å². The van der Waals surface area contributed by atoms with Crippen LogP contribution in [0.25, 0.3) is 0 Å². The lowest BCUT2D eigenvalue weighted by molar-refractivity contribution is 0.235. The quantitative estimate of drug-likeness (QED) is 0.795. The molecular formula is C18H16N6. The summed E-state index contributed by atoms with van der Waals surface area (Å²) in [6.45, 7) is 1.35. The molecule has 1 aromatic heterocycles. The maximum absolute atomic E-state index is 9.84. The molecule has 3 rings (SSSR count). The Morgan fingerprint density at radius 1 is 1.25 bits per heavy atom. The monoisotopic (exact) mass is 316 g/mol. The van der Waals surface area contributed by atoms with Gasteiger partial charge in [0.15, 0.2) is 5.41 Å². The predicted octanol–water partition coefficient (Wildman–Crippen LogP) is 1.86. The molecule has 6 heteroatoms. The van der Waals surface area contributed by atoms with Gasteiger partial charge in [-0.05, 0) is 30.3 Å². The topological polar surface area (TPSA) is 111 Å². The van der Waals surface area contributed by atoms with E-state index in [0.717, 1.165) is 11.1 Å². The molecule has 0 spiro atoms. The van der Waals surface area contributed by atoms with Crippen molar-refractivity contribution in [3.05, 3.63) is 41.7 Å². The minimum absolute atomic E-state index is 0.108. The Morgan fingerprint density at radius 2 is 1.92 bits per heavy atom. The summed E-state index contributed by atoms with van der Waals surface area (Å²) in [6, 6.07) is 9.87. The summed E-state index contributed by atoms with van der Waals surface area (Å²) in [5.41, 5.74) is -0.0742. The Bertz CT molecular complexity index is 806. The van der Waals surface area contributed by atoms with Crippen molar-refractivity contribution in [2.24, 2.45) is 17.3 Å². The summed E-state index contributed by atoms with van der Waals surface area (Å²) in [5.74, 6) is -1.44. The fraction of sp³-hybridized carbons (Fsp3) is 0.389. The molecule has 1 saturated carbocycles. The second kappa shape index (κ2) is 5.89. The van der Waals surface area contributed by atoms with E-state index in [0.29, 0.717) is 13.1 Å². The Balaban J connectivity index is 2.26. The Morgan fingerprint density at radius 3 is 2.50 bits per heavy atom. The molecule has 2 aliphatic rings. The van der Waals surface area contributed by atoms with Gasteiger partial charge < -0.3 is 10.3 Å². The molecule has 6 nitrogen and oxygen atoms in total. The van der Waals surface area contributed by atoms with Gasteiger partial charge in [-0.25, -0.2) is 0 Å². The zero-order chi connectivity index (χ0) is 17.3. The average molecular weight is 316 g/mol. The van der Waals surface area contributed by atoms with Gasteiger partial charge in [0.1, 0.15) is 5.92 Å². The number of pyridine rings is 1. The minimum Gasteiger partial charge on any atom is -0.305 e. The highest BCUT2D eigenvalue weighted by Crippen LogP contribution is 2.53. The number of fused-ring (bicyclic) bond motifs is 1. The zero-order valence-corrected chi connectivity index (χ0v) is 13.3. The lowest BCUT2D eigenvalue weighted by Gasteiger charge is -2.47. The second-order valence-electron chi connectivity index (χ2n) is 6.30. The molecule has 0 bridgehead atoms. The van der Waals surface area contributed by atoms with Gasteiger partial charge in [0.2, 0.25) is 0 Å². The van der Waals surface area contributed by atoms with Crippen LogP contribution in [0.5, 0.6) is 0 Å². The van der Waals surface area contributed by atoms with Crippen molar-refractivity contribution in [3.63, 3.8) is 0 Å². The van der Waals surface area contributed by atoms with Crippen molar-refractivity contribution < 1.29 is 0 Å². The number of rotatable bonds is 1. The summed E-state index contributed by atoms with van der Waals surface area (Å²) in [7, 11) is 1.97. The van der Waals surface area contributed by atoms with Gasteiger partial charge in [-0.15, -0.1) is 0 Å². The molecule has 1 N–H and O–H groups in total. The van der Waals surface area contributed by atoms with Crippen molar-refractivity contribution in [3.8, 4) is 18.2 Å². The first kappa shape index (κ1) is 15.9. The first-order valence-electron chi connectivity index (χ1n) is 7.68. The zero-order valence-electron chi connectivity index (χ0n) is 13.3. The molecule has 1 fully saturated rings. The van der Waals surface area contributed by atoms with Gasteiger partial charge >= 0.3 is 0 Å². The predicted molar refractivity (Wildman–Crippen MR) is 86.5 cm³/mol. The first-order valence-corrected chi connectivity index (χ1v) is 7.68. The Kier molecular flexibility index (Phi) is 3.89. The maximum atomic E-state index is 9.84. The molecule has 1 aromatic rings. The van der Waals surface area contributed by atoms with Gasteiger partial charge in [0.25, 0.3) is 0 Å². The summed E-state index contributed by atoms with van der Waals surface area (Å²) >= 11 is 0. The number of hydrogen-bond donors (Lipinski definition) is 1. The lowest BCUT2D eigenvalue weighted by Crippen LogP contribution is -2.52. The van der Waals surface area contributed by atoms with Crippen molar-refractivity contribution >= 4 is 5.71 Å². The molecule has 1 unspecified atom stereocenters. The fourth-order valence-corrected chi connectivity index (χ4v) is 3.90.